The molecule has 0 aromatic heterocycles. The first-order chi connectivity index (χ1) is 29.6. The van der Waals surface area contributed by atoms with Crippen LogP contribution < -0.4 is 56.0 Å². The molecular weight excluding hydrogens is 910 g/mol. The number of carbonyl (C=O) groups is 7. The number of carboxylic acids is 2. The Labute approximate surface area is 415 Å². The van der Waals surface area contributed by atoms with Crippen LogP contribution in [0, 0.1) is 23.7 Å². The van der Waals surface area contributed by atoms with E-state index in [4.69, 9.17) is 34.9 Å². The minimum atomic E-state index is -3.47. The summed E-state index contributed by atoms with van der Waals surface area (Å²) in [4.78, 5) is 80.1. The van der Waals surface area contributed by atoms with E-state index in [1.807, 2.05) is 4.72 Å². The van der Waals surface area contributed by atoms with E-state index in [2.05, 4.69) is 42.3 Å². The van der Waals surface area contributed by atoms with Gasteiger partial charge in [0.2, 0.25) is 10.0 Å². The number of carboxylic acid groups (broad SMARTS) is 2. The topological polar surface area (TPSA) is 335 Å². The minimum Gasteiger partial charge on any atom is -0.870 e. The van der Waals surface area contributed by atoms with E-state index in [1.165, 1.54) is 12.2 Å². The average molecular weight is 980 g/mol. The molecule has 0 radical (unpaired) electrons. The van der Waals surface area contributed by atoms with Crippen LogP contribution in [-0.2, 0) is 48.1 Å². The zero-order valence-electron chi connectivity index (χ0n) is 40.6. The molecule has 4 amide bonds. The van der Waals surface area contributed by atoms with Gasteiger partial charge in [0.15, 0.2) is 0 Å². The summed E-state index contributed by atoms with van der Waals surface area (Å²) in [5, 5.41) is 25.1. The smallest absolute Gasteiger partial charge is 0.870 e. The van der Waals surface area contributed by atoms with Crippen molar-refractivity contribution < 1.29 is 106 Å². The van der Waals surface area contributed by atoms with Crippen molar-refractivity contribution in [1.29, 1.82) is 0 Å². The van der Waals surface area contributed by atoms with E-state index in [-0.39, 0.29) is 65.3 Å². The first-order valence-electron chi connectivity index (χ1n) is 21.1. The Kier molecular flexibility index (Phi) is 21.7. The molecule has 5 rings (SSSR count). The Morgan fingerprint density at radius 2 is 0.940 bits per heavy atom. The van der Waals surface area contributed by atoms with Crippen LogP contribution in [0.5, 0.6) is 0 Å². The molecule has 8 atom stereocenters. The Hall–Kier alpha value is -4.48. The normalized spacial score (nSPS) is 28.2. The van der Waals surface area contributed by atoms with Crippen molar-refractivity contribution in [3.63, 3.8) is 0 Å². The summed E-state index contributed by atoms with van der Waals surface area (Å²) >= 11 is 0. The summed E-state index contributed by atoms with van der Waals surface area (Å²) in [6.45, 7) is 31.9. The van der Waals surface area contributed by atoms with Crippen LogP contribution in [0.15, 0.2) is 50.6 Å². The van der Waals surface area contributed by atoms with Gasteiger partial charge >= 0.3 is 65.7 Å². The molecule has 9 N–H and O–H groups in total. The van der Waals surface area contributed by atoms with Crippen molar-refractivity contribution in [2.45, 2.75) is 152 Å². The number of hydrogen-bond donors (Lipinski definition) is 7. The Bertz CT molecular complexity index is 1940. The maximum absolute atomic E-state index is 11.9. The summed E-state index contributed by atoms with van der Waals surface area (Å²) in [6, 6.07) is 0. The molecule has 67 heavy (non-hydrogen) atoms. The van der Waals surface area contributed by atoms with E-state index >= 15 is 0 Å². The third kappa shape index (κ3) is 17.8. The van der Waals surface area contributed by atoms with Crippen molar-refractivity contribution in [2.75, 3.05) is 6.61 Å². The number of esters is 1. The fourth-order valence-electron chi connectivity index (χ4n) is 6.30. The third-order valence-electron chi connectivity index (χ3n) is 10.4. The molecular formula is C44H70N5NaO16S. The van der Waals surface area contributed by atoms with E-state index < -0.39 is 96.3 Å². The second-order valence-corrected chi connectivity index (χ2v) is 21.5. The molecule has 8 unspecified atom stereocenters. The predicted molar refractivity (Wildman–Crippen MR) is 240 cm³/mol. The molecule has 0 spiro atoms. The molecule has 0 saturated heterocycles. The number of rotatable bonds is 14. The van der Waals surface area contributed by atoms with Crippen LogP contribution in [0.4, 0.5) is 14.4 Å². The molecule has 5 aliphatic rings. The Balaban J connectivity index is 0.000000860. The summed E-state index contributed by atoms with van der Waals surface area (Å²) < 4.78 is 45.1. The molecule has 5 aliphatic carbocycles. The average Bonchev–Trinajstić information content (AvgIpc) is 3.94. The van der Waals surface area contributed by atoms with Crippen LogP contribution in [0.25, 0.3) is 0 Å². The van der Waals surface area contributed by atoms with Crippen molar-refractivity contribution in [2.24, 2.45) is 29.4 Å². The second-order valence-electron chi connectivity index (χ2n) is 19.5. The molecule has 21 nitrogen and oxygen atoms in total. The SMILES string of the molecule is C=CC1CC1(N)C(=O)NS(=O)(=O)C1CC1.C=CC1CC1(NC(=O)OC(C)(C)C)C(=O)O.C=CC1CC1(NC(=O)OC(C)(C)C)C(=O)O.C=CC1CC1(NC(=O)OC(C)(C)C)C(=O)OCC.[Na+].[OH-]. The molecule has 0 aromatic rings. The zero-order valence-corrected chi connectivity index (χ0v) is 43.4. The van der Waals surface area contributed by atoms with Gasteiger partial charge in [0, 0.05) is 23.7 Å². The van der Waals surface area contributed by atoms with Gasteiger partial charge in [0.05, 0.1) is 11.9 Å². The van der Waals surface area contributed by atoms with Gasteiger partial charge in [0.25, 0.3) is 5.91 Å². The summed E-state index contributed by atoms with van der Waals surface area (Å²) in [7, 11) is -3.47. The number of ether oxygens (including phenoxy) is 4. The van der Waals surface area contributed by atoms with Gasteiger partial charge in [-0.1, -0.05) is 24.3 Å². The van der Waals surface area contributed by atoms with Gasteiger partial charge in [0.1, 0.15) is 39.0 Å². The number of alkyl carbamates (subject to hydrolysis) is 3. The minimum absolute atomic E-state index is 0. The van der Waals surface area contributed by atoms with Gasteiger partial charge in [-0.3, -0.25) is 9.52 Å². The van der Waals surface area contributed by atoms with Crippen molar-refractivity contribution in [1.82, 2.24) is 20.7 Å². The van der Waals surface area contributed by atoms with Crippen LogP contribution in [0.2, 0.25) is 0 Å². The van der Waals surface area contributed by atoms with Crippen molar-refractivity contribution in [3.8, 4) is 0 Å². The van der Waals surface area contributed by atoms with Gasteiger partial charge < -0.3 is 56.3 Å². The number of nitrogens with two attached hydrogens (primary N) is 1. The molecule has 5 fully saturated rings. The number of carbonyl (C=O) groups excluding carboxylic acids is 5. The van der Waals surface area contributed by atoms with Crippen molar-refractivity contribution in [3.05, 3.63) is 50.6 Å². The third-order valence-corrected chi connectivity index (χ3v) is 12.3. The molecule has 23 heteroatoms. The maximum atomic E-state index is 11.9. The summed E-state index contributed by atoms with van der Waals surface area (Å²) in [6.07, 6.45) is 7.25. The molecule has 0 heterocycles. The number of nitrogens with one attached hydrogen (secondary N) is 4. The Morgan fingerprint density at radius 3 is 1.18 bits per heavy atom. The largest absolute Gasteiger partial charge is 1.00 e. The maximum Gasteiger partial charge on any atom is 1.00 e. The van der Waals surface area contributed by atoms with Crippen LogP contribution in [-0.4, -0.2) is 117 Å². The summed E-state index contributed by atoms with van der Waals surface area (Å²) in [5.74, 6) is -3.78. The van der Waals surface area contributed by atoms with Crippen LogP contribution in [0.1, 0.15) is 108 Å². The van der Waals surface area contributed by atoms with Crippen LogP contribution in [0.3, 0.4) is 0 Å². The molecule has 0 bridgehead atoms. The molecule has 374 valence electrons. The molecule has 0 aromatic carbocycles. The van der Waals surface area contributed by atoms with Gasteiger partial charge in [-0.25, -0.2) is 37.2 Å². The first kappa shape index (κ1) is 62.5. The second kappa shape index (κ2) is 23.2. The fraction of sp³-hybridized carbons (Fsp3) is 0.659. The number of sulfonamides is 1. The van der Waals surface area contributed by atoms with E-state index in [1.54, 1.807) is 81.4 Å². The van der Waals surface area contributed by atoms with E-state index in [0.717, 1.165) is 0 Å². The predicted octanol–water partition coefficient (Wildman–Crippen LogP) is 1.43. The zero-order chi connectivity index (χ0) is 50.4. The standard InChI is InChI=1S/C13H21NO4.2C11H17NO4.C9H14N2O3S.Na.H2O/c1-6-9-8-13(9,10(15)17-7-2)14-11(16)18-12(3,4)5;2*1-5-7-6-11(7,8(13)14)12-9(15)16-10(2,3)4;1-2-6-5-9(6,10)8(12)11-15(13,14)7-3-4-7;;/h6,9H,1,7-8H2,2-5H3,(H,14,16);2*5,7H,1,6H2,2-4H3,(H,12,15)(H,13,14);2,6-7H,1,3-5,10H2,(H,11,12);;1H2/q;;;;+1;/p-1. The Morgan fingerprint density at radius 1 is 0.627 bits per heavy atom. The fourth-order valence-corrected chi connectivity index (χ4v) is 7.67. The van der Waals surface area contributed by atoms with E-state index in [0.29, 0.717) is 38.5 Å². The van der Waals surface area contributed by atoms with Gasteiger partial charge in [-0.05, 0) is 108 Å². The van der Waals surface area contributed by atoms with Gasteiger partial charge in [-0.15, -0.1) is 26.3 Å². The molecule has 0 aliphatic heterocycles. The van der Waals surface area contributed by atoms with Crippen molar-refractivity contribution >= 4 is 52.1 Å². The van der Waals surface area contributed by atoms with E-state index in [9.17, 15) is 42.0 Å². The quantitative estimate of drug-likeness (QED) is 0.0560. The first-order valence-corrected chi connectivity index (χ1v) is 22.6. The monoisotopic (exact) mass is 979 g/mol. The van der Waals surface area contributed by atoms with Gasteiger partial charge in [-0.2, -0.15) is 0 Å². The molecule has 5 saturated carbocycles. The van der Waals surface area contributed by atoms with Crippen LogP contribution >= 0.6 is 0 Å². The number of amides is 4. The summed E-state index contributed by atoms with van der Waals surface area (Å²) in [5.41, 5.74) is -0.621. The number of aliphatic carboxylic acids is 2. The number of hydrogen-bond acceptors (Lipinski definition) is 15.